The Balaban J connectivity index is 1.70. The molecule has 132 valence electrons. The highest BCUT2D eigenvalue weighted by atomic mass is 32.2. The number of carbonyl (C=O) groups is 1. The molecule has 1 saturated heterocycles. The zero-order valence-corrected chi connectivity index (χ0v) is 14.2. The lowest BCUT2D eigenvalue weighted by molar-refractivity contribution is 0.0524. The van der Waals surface area contributed by atoms with E-state index in [2.05, 4.69) is 9.97 Å². The Morgan fingerprint density at radius 3 is 2.92 bits per heavy atom. The Hall–Kier alpha value is -2.22. The van der Waals surface area contributed by atoms with E-state index >= 15 is 0 Å². The molecule has 2 heterocycles. The number of piperidine rings is 1. The first-order chi connectivity index (χ1) is 12.1. The minimum absolute atomic E-state index is 0.178. The number of benzene rings is 1. The number of carbonyl (C=O) groups excluding carboxylic acids is 1. The van der Waals surface area contributed by atoms with Gasteiger partial charge in [-0.1, -0.05) is 23.9 Å². The molecule has 1 aliphatic rings. The summed E-state index contributed by atoms with van der Waals surface area (Å²) in [5.41, 5.74) is 0.301. The van der Waals surface area contributed by atoms with Gasteiger partial charge in [0, 0.05) is 23.7 Å². The Kier molecular flexibility index (Phi) is 5.80. The minimum Gasteiger partial charge on any atom is -0.472 e. The van der Waals surface area contributed by atoms with Crippen LogP contribution in [0.15, 0.2) is 47.8 Å². The van der Waals surface area contributed by atoms with E-state index in [0.717, 1.165) is 12.8 Å². The molecule has 1 aliphatic heterocycles. The molecule has 0 bridgehead atoms. The van der Waals surface area contributed by atoms with Gasteiger partial charge < -0.3 is 9.64 Å². The quantitative estimate of drug-likeness (QED) is 0.760. The molecular formula is C17H17F2N3O2S. The van der Waals surface area contributed by atoms with E-state index < -0.39 is 5.76 Å². The average Bonchev–Trinajstić information content (AvgIpc) is 2.62. The van der Waals surface area contributed by atoms with Crippen LogP contribution in [0.1, 0.15) is 23.2 Å². The van der Waals surface area contributed by atoms with Gasteiger partial charge in [0.15, 0.2) is 0 Å². The van der Waals surface area contributed by atoms with Crippen molar-refractivity contribution in [3.8, 4) is 5.88 Å². The molecule has 1 amide bonds. The van der Waals surface area contributed by atoms with E-state index in [0.29, 0.717) is 41.2 Å². The summed E-state index contributed by atoms with van der Waals surface area (Å²) in [5.74, 6) is -2.35. The second kappa shape index (κ2) is 8.24. The first kappa shape index (κ1) is 17.6. The van der Waals surface area contributed by atoms with Crippen LogP contribution >= 0.6 is 11.8 Å². The highest BCUT2D eigenvalue weighted by Crippen LogP contribution is 2.29. The van der Waals surface area contributed by atoms with Crippen LogP contribution in [0, 0.1) is 0 Å². The highest BCUT2D eigenvalue weighted by molar-refractivity contribution is 7.99. The summed E-state index contributed by atoms with van der Waals surface area (Å²) in [6.45, 7) is 0.979. The topological polar surface area (TPSA) is 55.3 Å². The lowest BCUT2D eigenvalue weighted by Gasteiger charge is -2.33. The fraction of sp³-hybridized carbons (Fsp3) is 0.353. The summed E-state index contributed by atoms with van der Waals surface area (Å²) >= 11 is 0.392. The normalized spacial score (nSPS) is 17.6. The molecule has 0 saturated carbocycles. The van der Waals surface area contributed by atoms with Crippen molar-refractivity contribution in [3.05, 3.63) is 48.4 Å². The summed E-state index contributed by atoms with van der Waals surface area (Å²) in [6, 6.07) is 8.13. The Morgan fingerprint density at radius 2 is 2.16 bits per heavy atom. The van der Waals surface area contributed by atoms with Crippen LogP contribution in [0.4, 0.5) is 8.78 Å². The van der Waals surface area contributed by atoms with Crippen molar-refractivity contribution in [2.45, 2.75) is 29.6 Å². The Bertz CT molecular complexity index is 718. The average molecular weight is 365 g/mol. The van der Waals surface area contributed by atoms with Gasteiger partial charge in [-0.15, -0.1) is 0 Å². The van der Waals surface area contributed by atoms with Crippen molar-refractivity contribution in [2.24, 2.45) is 0 Å². The number of thioether (sulfide) groups is 1. The zero-order valence-electron chi connectivity index (χ0n) is 13.3. The van der Waals surface area contributed by atoms with Gasteiger partial charge in [0.1, 0.15) is 12.4 Å². The lowest BCUT2D eigenvalue weighted by Crippen LogP contribution is -2.44. The number of nitrogens with zero attached hydrogens (tertiary/aromatic N) is 3. The van der Waals surface area contributed by atoms with E-state index in [-0.39, 0.29) is 12.0 Å². The Morgan fingerprint density at radius 1 is 1.32 bits per heavy atom. The lowest BCUT2D eigenvalue weighted by atomic mass is 10.1. The third-order valence-corrected chi connectivity index (χ3v) is 4.63. The van der Waals surface area contributed by atoms with Gasteiger partial charge >= 0.3 is 0 Å². The molecule has 1 fully saturated rings. The van der Waals surface area contributed by atoms with Crippen LogP contribution < -0.4 is 4.74 Å². The second-order valence-electron chi connectivity index (χ2n) is 5.56. The van der Waals surface area contributed by atoms with Crippen LogP contribution in [-0.4, -0.2) is 45.7 Å². The summed E-state index contributed by atoms with van der Waals surface area (Å²) in [7, 11) is 0. The van der Waals surface area contributed by atoms with Gasteiger partial charge in [-0.2, -0.15) is 8.78 Å². The van der Waals surface area contributed by atoms with Gasteiger partial charge in [-0.25, -0.2) is 9.97 Å². The zero-order chi connectivity index (χ0) is 17.6. The number of alkyl halides is 2. The molecule has 0 N–H and O–H groups in total. The van der Waals surface area contributed by atoms with E-state index in [9.17, 15) is 13.6 Å². The number of likely N-dealkylation sites (tertiary alicyclic amines) is 1. The van der Waals surface area contributed by atoms with Gasteiger partial charge in [0.25, 0.3) is 11.7 Å². The van der Waals surface area contributed by atoms with Crippen LogP contribution in [0.25, 0.3) is 0 Å². The van der Waals surface area contributed by atoms with Gasteiger partial charge in [0.05, 0.1) is 12.1 Å². The predicted octanol–water partition coefficient (Wildman–Crippen LogP) is 3.47. The SMILES string of the molecule is O=C(c1ccccc1SC(F)F)N1CCCC(Oc2ccncn2)C1. The first-order valence-corrected chi connectivity index (χ1v) is 8.77. The maximum atomic E-state index is 12.8. The largest absolute Gasteiger partial charge is 0.472 e. The standard InChI is InChI=1S/C17H17F2N3O2S/c18-17(19)25-14-6-2-1-5-13(14)16(23)22-9-3-4-12(10-22)24-15-7-8-20-11-21-15/h1-2,5-8,11-12,17H,3-4,9-10H2. The number of halogens is 2. The van der Waals surface area contributed by atoms with Crippen LogP contribution in [-0.2, 0) is 0 Å². The molecular weight excluding hydrogens is 348 g/mol. The minimum atomic E-state index is -2.57. The Labute approximate surface area is 148 Å². The summed E-state index contributed by atoms with van der Waals surface area (Å²) < 4.78 is 31.2. The number of aromatic nitrogens is 2. The van der Waals surface area contributed by atoms with Crippen LogP contribution in [0.5, 0.6) is 5.88 Å². The molecule has 0 aliphatic carbocycles. The van der Waals surface area contributed by atoms with Crippen molar-refractivity contribution >= 4 is 17.7 Å². The molecule has 8 heteroatoms. The third kappa shape index (κ3) is 4.66. The fourth-order valence-electron chi connectivity index (χ4n) is 2.75. The number of ether oxygens (including phenoxy) is 1. The molecule has 25 heavy (non-hydrogen) atoms. The van der Waals surface area contributed by atoms with E-state index in [1.165, 1.54) is 6.33 Å². The molecule has 1 aromatic carbocycles. The number of rotatable bonds is 5. The monoisotopic (exact) mass is 365 g/mol. The first-order valence-electron chi connectivity index (χ1n) is 7.89. The maximum absolute atomic E-state index is 12.8. The fourth-order valence-corrected chi connectivity index (χ4v) is 3.38. The number of amides is 1. The van der Waals surface area contributed by atoms with Crippen molar-refractivity contribution in [1.29, 1.82) is 0 Å². The smallest absolute Gasteiger partial charge is 0.288 e. The van der Waals surface area contributed by atoms with Crippen molar-refractivity contribution in [2.75, 3.05) is 13.1 Å². The molecule has 0 radical (unpaired) electrons. The summed E-state index contributed by atoms with van der Waals surface area (Å²) in [4.78, 5) is 22.6. The van der Waals surface area contributed by atoms with Gasteiger partial charge in [-0.3, -0.25) is 4.79 Å². The van der Waals surface area contributed by atoms with E-state index in [1.54, 1.807) is 41.4 Å². The van der Waals surface area contributed by atoms with Crippen molar-refractivity contribution in [1.82, 2.24) is 14.9 Å². The molecule has 1 aromatic heterocycles. The molecule has 2 aromatic rings. The maximum Gasteiger partial charge on any atom is 0.288 e. The van der Waals surface area contributed by atoms with Gasteiger partial charge in [-0.05, 0) is 25.0 Å². The molecule has 3 rings (SSSR count). The van der Waals surface area contributed by atoms with Crippen LogP contribution in [0.3, 0.4) is 0 Å². The molecule has 0 spiro atoms. The van der Waals surface area contributed by atoms with Crippen molar-refractivity contribution in [3.63, 3.8) is 0 Å². The summed E-state index contributed by atoms with van der Waals surface area (Å²) in [5, 5.41) is 0. The molecule has 1 unspecified atom stereocenters. The molecule has 1 atom stereocenters. The van der Waals surface area contributed by atoms with E-state index in [4.69, 9.17) is 4.74 Å². The third-order valence-electron chi connectivity index (χ3n) is 3.84. The van der Waals surface area contributed by atoms with Crippen molar-refractivity contribution < 1.29 is 18.3 Å². The van der Waals surface area contributed by atoms with Gasteiger partial charge in [0.2, 0.25) is 5.88 Å². The summed E-state index contributed by atoms with van der Waals surface area (Å²) in [6.07, 6.45) is 4.40. The number of hydrogen-bond donors (Lipinski definition) is 0. The second-order valence-corrected chi connectivity index (χ2v) is 6.59. The number of hydrogen-bond acceptors (Lipinski definition) is 5. The highest BCUT2D eigenvalue weighted by Gasteiger charge is 2.27. The van der Waals surface area contributed by atoms with E-state index in [1.807, 2.05) is 0 Å². The predicted molar refractivity (Wildman–Crippen MR) is 89.9 cm³/mol. The van der Waals surface area contributed by atoms with Crippen LogP contribution in [0.2, 0.25) is 0 Å². The molecule has 5 nitrogen and oxygen atoms in total.